The molecule has 1 atom stereocenters. The van der Waals surface area contributed by atoms with Gasteiger partial charge in [0.05, 0.1) is 10.6 Å². The Morgan fingerprint density at radius 3 is 2.32 bits per heavy atom. The first-order valence-electron chi connectivity index (χ1n) is 5.68. The lowest BCUT2D eigenvalue weighted by molar-refractivity contribution is -0.137. The van der Waals surface area contributed by atoms with E-state index in [-0.39, 0.29) is 23.5 Å². The number of benzene rings is 1. The van der Waals surface area contributed by atoms with Gasteiger partial charge in [0.1, 0.15) is 0 Å². The zero-order chi connectivity index (χ0) is 13.8. The number of halogens is 5. The van der Waals surface area contributed by atoms with Gasteiger partial charge in [0.25, 0.3) is 0 Å². The van der Waals surface area contributed by atoms with Crippen LogP contribution in [-0.2, 0) is 6.18 Å². The van der Waals surface area contributed by atoms with Crippen molar-refractivity contribution < 1.29 is 13.2 Å². The summed E-state index contributed by atoms with van der Waals surface area (Å²) in [4.78, 5) is 0. The average molecular weight is 317 g/mol. The third kappa shape index (κ3) is 5.57. The molecule has 0 bridgehead atoms. The molecule has 110 valence electrons. The third-order valence-electron chi connectivity index (χ3n) is 2.70. The molecule has 0 aromatic heterocycles. The summed E-state index contributed by atoms with van der Waals surface area (Å²) in [6, 6.07) is 3.33. The van der Waals surface area contributed by atoms with E-state index in [0.717, 1.165) is 18.9 Å². The molecule has 2 nitrogen and oxygen atoms in total. The van der Waals surface area contributed by atoms with Gasteiger partial charge in [0.2, 0.25) is 0 Å². The van der Waals surface area contributed by atoms with E-state index in [0.29, 0.717) is 18.5 Å². The van der Waals surface area contributed by atoms with Crippen LogP contribution in [0.1, 0.15) is 36.4 Å². The molecule has 0 radical (unpaired) electrons. The van der Waals surface area contributed by atoms with Crippen LogP contribution in [0.4, 0.5) is 13.2 Å². The van der Waals surface area contributed by atoms with Gasteiger partial charge in [-0.3, -0.25) is 0 Å². The molecule has 4 N–H and O–H groups in total. The molecule has 1 aromatic rings. The molecule has 7 heteroatoms. The maximum atomic E-state index is 12.5. The second-order valence-corrected chi connectivity index (χ2v) is 4.54. The average Bonchev–Trinajstić information content (AvgIpc) is 2.27. The molecule has 0 amide bonds. The van der Waals surface area contributed by atoms with E-state index in [1.807, 2.05) is 0 Å². The molecule has 0 unspecified atom stereocenters. The van der Waals surface area contributed by atoms with Crippen molar-refractivity contribution in [3.8, 4) is 0 Å². The van der Waals surface area contributed by atoms with Crippen LogP contribution in [0.2, 0.25) is 5.02 Å². The maximum absolute atomic E-state index is 12.5. The molecule has 0 fully saturated rings. The second kappa shape index (κ2) is 7.94. The van der Waals surface area contributed by atoms with Crippen LogP contribution in [0.15, 0.2) is 18.2 Å². The van der Waals surface area contributed by atoms with E-state index >= 15 is 0 Å². The first kappa shape index (κ1) is 18.5. The summed E-state index contributed by atoms with van der Waals surface area (Å²) in [5.74, 6) is 0. The first-order valence-corrected chi connectivity index (χ1v) is 6.06. The van der Waals surface area contributed by atoms with E-state index in [1.165, 1.54) is 12.1 Å². The largest absolute Gasteiger partial charge is 0.417 e. The zero-order valence-corrected chi connectivity index (χ0v) is 11.8. The van der Waals surface area contributed by atoms with E-state index in [2.05, 4.69) is 0 Å². The molecule has 0 saturated carbocycles. The van der Waals surface area contributed by atoms with Crippen molar-refractivity contribution in [3.05, 3.63) is 34.3 Å². The minimum Gasteiger partial charge on any atom is -0.330 e. The van der Waals surface area contributed by atoms with Gasteiger partial charge in [0, 0.05) is 6.04 Å². The lowest BCUT2D eigenvalue weighted by Crippen LogP contribution is -2.12. The Hall–Kier alpha value is -0.490. The number of alkyl halides is 3. The van der Waals surface area contributed by atoms with Crippen LogP contribution in [0.3, 0.4) is 0 Å². The number of nitrogens with two attached hydrogens (primary N) is 2. The lowest BCUT2D eigenvalue weighted by atomic mass is 10.0. The highest BCUT2D eigenvalue weighted by molar-refractivity contribution is 6.31. The smallest absolute Gasteiger partial charge is 0.330 e. The minimum absolute atomic E-state index is 0. The summed E-state index contributed by atoms with van der Waals surface area (Å²) in [6.45, 7) is 0.584. The monoisotopic (exact) mass is 316 g/mol. The SMILES string of the molecule is Cl.NCCCC[C@@H](N)c1ccc(C(F)(F)F)c(Cl)c1. The number of hydrogen-bond donors (Lipinski definition) is 2. The van der Waals surface area contributed by atoms with Gasteiger partial charge in [-0.15, -0.1) is 12.4 Å². The molecule has 1 aromatic carbocycles. The highest BCUT2D eigenvalue weighted by Crippen LogP contribution is 2.35. The Bertz CT molecular complexity index is 397. The van der Waals surface area contributed by atoms with Crippen molar-refractivity contribution in [1.82, 2.24) is 0 Å². The van der Waals surface area contributed by atoms with Gasteiger partial charge in [-0.1, -0.05) is 24.1 Å². The normalized spacial score (nSPS) is 12.9. The summed E-state index contributed by atoms with van der Waals surface area (Å²) < 4.78 is 37.5. The first-order chi connectivity index (χ1) is 8.36. The van der Waals surface area contributed by atoms with Crippen molar-refractivity contribution in [2.24, 2.45) is 11.5 Å². The number of unbranched alkanes of at least 4 members (excludes halogenated alkanes) is 1. The van der Waals surface area contributed by atoms with Gasteiger partial charge >= 0.3 is 6.18 Å². The van der Waals surface area contributed by atoms with Crippen LogP contribution >= 0.6 is 24.0 Å². The molecule has 0 saturated heterocycles. The van der Waals surface area contributed by atoms with Crippen LogP contribution in [0.5, 0.6) is 0 Å². The van der Waals surface area contributed by atoms with Crippen LogP contribution in [0.25, 0.3) is 0 Å². The molecular weight excluding hydrogens is 300 g/mol. The fourth-order valence-corrected chi connectivity index (χ4v) is 1.96. The Balaban J connectivity index is 0.00000324. The molecular formula is C12H17Cl2F3N2. The summed E-state index contributed by atoms with van der Waals surface area (Å²) in [5.41, 5.74) is 11.0. The maximum Gasteiger partial charge on any atom is 0.417 e. The van der Waals surface area contributed by atoms with Gasteiger partial charge < -0.3 is 11.5 Å². The predicted octanol–water partition coefficient (Wildman–Crippen LogP) is 3.91. The van der Waals surface area contributed by atoms with E-state index in [9.17, 15) is 13.2 Å². The lowest BCUT2D eigenvalue weighted by Gasteiger charge is -2.15. The fourth-order valence-electron chi connectivity index (χ4n) is 1.67. The predicted molar refractivity (Wildman–Crippen MR) is 73.5 cm³/mol. The number of hydrogen-bond acceptors (Lipinski definition) is 2. The van der Waals surface area contributed by atoms with Crippen LogP contribution < -0.4 is 11.5 Å². The summed E-state index contributed by atoms with van der Waals surface area (Å²) >= 11 is 5.62. The number of rotatable bonds is 5. The minimum atomic E-state index is -4.43. The summed E-state index contributed by atoms with van der Waals surface area (Å²) in [7, 11) is 0. The van der Waals surface area contributed by atoms with Crippen molar-refractivity contribution in [1.29, 1.82) is 0 Å². The van der Waals surface area contributed by atoms with Crippen molar-refractivity contribution >= 4 is 24.0 Å². The second-order valence-electron chi connectivity index (χ2n) is 4.13. The molecule has 0 aliphatic heterocycles. The molecule has 0 aliphatic carbocycles. The van der Waals surface area contributed by atoms with Gasteiger partial charge in [0.15, 0.2) is 0 Å². The highest BCUT2D eigenvalue weighted by atomic mass is 35.5. The molecule has 0 spiro atoms. The van der Waals surface area contributed by atoms with Gasteiger partial charge in [-0.2, -0.15) is 13.2 Å². The fraction of sp³-hybridized carbons (Fsp3) is 0.500. The van der Waals surface area contributed by atoms with E-state index in [4.69, 9.17) is 23.1 Å². The Morgan fingerprint density at radius 1 is 1.21 bits per heavy atom. The van der Waals surface area contributed by atoms with Crippen molar-refractivity contribution in [3.63, 3.8) is 0 Å². The van der Waals surface area contributed by atoms with E-state index < -0.39 is 11.7 Å². The highest BCUT2D eigenvalue weighted by Gasteiger charge is 2.33. The molecule has 19 heavy (non-hydrogen) atoms. The standard InChI is InChI=1S/C12H16ClF3N2.ClH/c13-10-7-8(11(18)3-1-2-6-17)4-5-9(10)12(14,15)16;/h4-5,7,11H,1-3,6,17-18H2;1H/t11-;/m1./s1. The van der Waals surface area contributed by atoms with Crippen molar-refractivity contribution in [2.45, 2.75) is 31.5 Å². The van der Waals surface area contributed by atoms with Crippen LogP contribution in [-0.4, -0.2) is 6.54 Å². The Labute approximate surface area is 121 Å². The zero-order valence-electron chi connectivity index (χ0n) is 10.2. The third-order valence-corrected chi connectivity index (χ3v) is 3.01. The Kier molecular flexibility index (Phi) is 7.74. The van der Waals surface area contributed by atoms with Gasteiger partial charge in [-0.05, 0) is 37.1 Å². The summed E-state index contributed by atoms with van der Waals surface area (Å²) in [6.07, 6.45) is -2.06. The molecule has 0 aliphatic rings. The van der Waals surface area contributed by atoms with E-state index in [1.54, 1.807) is 0 Å². The topological polar surface area (TPSA) is 52.0 Å². The van der Waals surface area contributed by atoms with Gasteiger partial charge in [-0.25, -0.2) is 0 Å². The molecule has 0 heterocycles. The van der Waals surface area contributed by atoms with Crippen LogP contribution in [0, 0.1) is 0 Å². The molecule has 1 rings (SSSR count). The summed E-state index contributed by atoms with van der Waals surface area (Å²) in [5, 5.41) is -0.311. The quantitative estimate of drug-likeness (QED) is 0.809. The Morgan fingerprint density at radius 2 is 1.84 bits per heavy atom. The van der Waals surface area contributed by atoms with Crippen molar-refractivity contribution in [2.75, 3.05) is 6.54 Å².